The predicted octanol–water partition coefficient (Wildman–Crippen LogP) is 4.17. The third kappa shape index (κ3) is 3.91. The summed E-state index contributed by atoms with van der Waals surface area (Å²) in [5.41, 5.74) is 0.553. The van der Waals surface area contributed by atoms with Gasteiger partial charge in [-0.05, 0) is 46.4 Å². The lowest BCUT2D eigenvalue weighted by Gasteiger charge is -2.28. The van der Waals surface area contributed by atoms with E-state index < -0.39 is 0 Å². The molecular formula is C17H26ClNO2. The second kappa shape index (κ2) is 6.15. The largest absolute Gasteiger partial charge is 0.487 e. The first-order valence-electron chi connectivity index (χ1n) is 7.60. The molecule has 1 aliphatic rings. The van der Waals surface area contributed by atoms with Gasteiger partial charge in [0.15, 0.2) is 0 Å². The number of hydrogen-bond acceptors (Lipinski definition) is 3. The summed E-state index contributed by atoms with van der Waals surface area (Å²) < 4.78 is 12.4. The molecule has 0 bridgehead atoms. The zero-order chi connectivity index (χ0) is 15.7. The number of rotatable bonds is 5. The standard InChI is InChI=1S/C17H26ClNO2/c1-6-19-11-12-13(18)8-7-9-14(12)20-15-10-16(2,3)21-17(15,4)5/h7-9,15,19H,6,10-11H2,1-5H3. The van der Waals surface area contributed by atoms with Gasteiger partial charge in [0.25, 0.3) is 0 Å². The molecule has 1 aromatic rings. The maximum Gasteiger partial charge on any atom is 0.130 e. The van der Waals surface area contributed by atoms with Crippen molar-refractivity contribution in [2.75, 3.05) is 6.54 Å². The summed E-state index contributed by atoms with van der Waals surface area (Å²) in [5.74, 6) is 0.850. The number of halogens is 1. The number of hydrogen-bond donors (Lipinski definition) is 1. The van der Waals surface area contributed by atoms with Gasteiger partial charge >= 0.3 is 0 Å². The fourth-order valence-electron chi connectivity index (χ4n) is 2.92. The Hall–Kier alpha value is -0.770. The van der Waals surface area contributed by atoms with Crippen molar-refractivity contribution in [3.05, 3.63) is 28.8 Å². The molecule has 0 spiro atoms. The fraction of sp³-hybridized carbons (Fsp3) is 0.647. The molecule has 3 nitrogen and oxygen atoms in total. The highest BCUT2D eigenvalue weighted by Gasteiger charge is 2.47. The average molecular weight is 312 g/mol. The highest BCUT2D eigenvalue weighted by atomic mass is 35.5. The van der Waals surface area contributed by atoms with E-state index in [0.717, 1.165) is 29.3 Å². The molecule has 0 aliphatic carbocycles. The van der Waals surface area contributed by atoms with Crippen molar-refractivity contribution in [1.82, 2.24) is 5.32 Å². The van der Waals surface area contributed by atoms with Crippen molar-refractivity contribution >= 4 is 11.6 Å². The molecular weight excluding hydrogens is 286 g/mol. The van der Waals surface area contributed by atoms with Crippen molar-refractivity contribution in [2.45, 2.75) is 64.9 Å². The minimum Gasteiger partial charge on any atom is -0.487 e. The Labute approximate surface area is 133 Å². The van der Waals surface area contributed by atoms with E-state index in [1.54, 1.807) is 0 Å². The Morgan fingerprint density at radius 1 is 1.33 bits per heavy atom. The van der Waals surface area contributed by atoms with Crippen LogP contribution in [0.5, 0.6) is 5.75 Å². The van der Waals surface area contributed by atoms with Crippen LogP contribution in [0, 0.1) is 0 Å². The van der Waals surface area contributed by atoms with Gasteiger partial charge in [-0.3, -0.25) is 0 Å². The molecule has 1 atom stereocenters. The summed E-state index contributed by atoms with van der Waals surface area (Å²) in [6.07, 6.45) is 0.888. The van der Waals surface area contributed by atoms with Gasteiger partial charge in [0.05, 0.1) is 5.60 Å². The van der Waals surface area contributed by atoms with Gasteiger partial charge in [0.2, 0.25) is 0 Å². The summed E-state index contributed by atoms with van der Waals surface area (Å²) in [6.45, 7) is 12.1. The van der Waals surface area contributed by atoms with E-state index in [9.17, 15) is 0 Å². The quantitative estimate of drug-likeness (QED) is 0.885. The van der Waals surface area contributed by atoms with Crippen LogP contribution in [0.25, 0.3) is 0 Å². The maximum absolute atomic E-state index is 6.33. The molecule has 21 heavy (non-hydrogen) atoms. The Kier molecular flexibility index (Phi) is 4.86. The van der Waals surface area contributed by atoms with Crippen LogP contribution in [-0.2, 0) is 11.3 Å². The van der Waals surface area contributed by atoms with E-state index in [1.807, 2.05) is 18.2 Å². The first kappa shape index (κ1) is 16.6. The number of ether oxygens (including phenoxy) is 2. The average Bonchev–Trinajstić information content (AvgIpc) is 2.56. The molecule has 0 saturated carbocycles. The highest BCUT2D eigenvalue weighted by Crippen LogP contribution is 2.40. The SMILES string of the molecule is CCNCc1c(Cl)cccc1OC1CC(C)(C)OC1(C)C. The van der Waals surface area contributed by atoms with Crippen molar-refractivity contribution in [3.8, 4) is 5.75 Å². The summed E-state index contributed by atoms with van der Waals surface area (Å²) >= 11 is 6.33. The van der Waals surface area contributed by atoms with Crippen molar-refractivity contribution in [2.24, 2.45) is 0 Å². The highest BCUT2D eigenvalue weighted by molar-refractivity contribution is 6.31. The maximum atomic E-state index is 6.33. The summed E-state index contributed by atoms with van der Waals surface area (Å²) in [5, 5.41) is 4.05. The van der Waals surface area contributed by atoms with Crippen LogP contribution in [0.4, 0.5) is 0 Å². The Bertz CT molecular complexity index is 500. The Morgan fingerprint density at radius 3 is 2.62 bits per heavy atom. The van der Waals surface area contributed by atoms with E-state index in [1.165, 1.54) is 0 Å². The zero-order valence-electron chi connectivity index (χ0n) is 13.6. The molecule has 4 heteroatoms. The summed E-state index contributed by atoms with van der Waals surface area (Å²) in [4.78, 5) is 0. The molecule has 1 aromatic carbocycles. The summed E-state index contributed by atoms with van der Waals surface area (Å²) in [7, 11) is 0. The molecule has 118 valence electrons. The van der Waals surface area contributed by atoms with Gasteiger partial charge in [-0.25, -0.2) is 0 Å². The lowest BCUT2D eigenvalue weighted by atomic mass is 9.97. The summed E-state index contributed by atoms with van der Waals surface area (Å²) in [6, 6.07) is 5.82. The van der Waals surface area contributed by atoms with Crippen LogP contribution in [0.3, 0.4) is 0 Å². The molecule has 0 aromatic heterocycles. The van der Waals surface area contributed by atoms with Gasteiger partial charge in [0, 0.05) is 23.6 Å². The second-order valence-electron chi connectivity index (χ2n) is 6.77. The third-order valence-corrected chi connectivity index (χ3v) is 4.24. The number of benzene rings is 1. The van der Waals surface area contributed by atoms with Gasteiger partial charge in [-0.2, -0.15) is 0 Å². The normalized spacial score (nSPS) is 23.2. The molecule has 1 heterocycles. The first-order chi connectivity index (χ1) is 9.75. The smallest absolute Gasteiger partial charge is 0.130 e. The second-order valence-corrected chi connectivity index (χ2v) is 7.18. The van der Waals surface area contributed by atoms with Crippen LogP contribution in [-0.4, -0.2) is 23.9 Å². The van der Waals surface area contributed by atoms with E-state index in [2.05, 4.69) is 39.9 Å². The van der Waals surface area contributed by atoms with Crippen LogP contribution in [0.1, 0.15) is 46.6 Å². The van der Waals surface area contributed by atoms with Crippen LogP contribution >= 0.6 is 11.6 Å². The Morgan fingerprint density at radius 2 is 2.05 bits per heavy atom. The van der Waals surface area contributed by atoms with E-state index in [4.69, 9.17) is 21.1 Å². The molecule has 1 N–H and O–H groups in total. The molecule has 1 saturated heterocycles. The van der Waals surface area contributed by atoms with Gasteiger partial charge < -0.3 is 14.8 Å². The molecule has 1 fully saturated rings. The Balaban J connectivity index is 2.21. The zero-order valence-corrected chi connectivity index (χ0v) is 14.4. The molecule has 1 unspecified atom stereocenters. The monoisotopic (exact) mass is 311 g/mol. The molecule has 1 aliphatic heterocycles. The lowest BCUT2D eigenvalue weighted by molar-refractivity contribution is -0.0846. The van der Waals surface area contributed by atoms with Crippen LogP contribution in [0.2, 0.25) is 5.02 Å². The molecule has 0 radical (unpaired) electrons. The fourth-order valence-corrected chi connectivity index (χ4v) is 3.15. The van der Waals surface area contributed by atoms with Gasteiger partial charge in [0.1, 0.15) is 17.5 Å². The molecule has 0 amide bonds. The number of nitrogens with one attached hydrogen (secondary N) is 1. The van der Waals surface area contributed by atoms with Crippen molar-refractivity contribution < 1.29 is 9.47 Å². The predicted molar refractivity (Wildman–Crippen MR) is 87.1 cm³/mol. The van der Waals surface area contributed by atoms with Gasteiger partial charge in [-0.1, -0.05) is 24.6 Å². The minimum atomic E-state index is -0.304. The van der Waals surface area contributed by atoms with Crippen molar-refractivity contribution in [3.63, 3.8) is 0 Å². The topological polar surface area (TPSA) is 30.5 Å². The lowest BCUT2D eigenvalue weighted by Crippen LogP contribution is -2.37. The minimum absolute atomic E-state index is 0.0198. The van der Waals surface area contributed by atoms with E-state index in [0.29, 0.717) is 6.54 Å². The van der Waals surface area contributed by atoms with Crippen LogP contribution < -0.4 is 10.1 Å². The van der Waals surface area contributed by atoms with E-state index in [-0.39, 0.29) is 17.3 Å². The van der Waals surface area contributed by atoms with Gasteiger partial charge in [-0.15, -0.1) is 0 Å². The third-order valence-electron chi connectivity index (χ3n) is 3.89. The van der Waals surface area contributed by atoms with Crippen LogP contribution in [0.15, 0.2) is 18.2 Å². The van der Waals surface area contributed by atoms with E-state index >= 15 is 0 Å². The first-order valence-corrected chi connectivity index (χ1v) is 7.98. The molecule has 2 rings (SSSR count). The van der Waals surface area contributed by atoms with Crippen molar-refractivity contribution in [1.29, 1.82) is 0 Å².